The second-order valence-corrected chi connectivity index (χ2v) is 4.37. The molecular weight excluding hydrogens is 211 g/mol. The summed E-state index contributed by atoms with van der Waals surface area (Å²) in [5, 5.41) is 8.77. The van der Waals surface area contributed by atoms with E-state index in [-0.39, 0.29) is 0 Å². The van der Waals surface area contributed by atoms with Crippen LogP contribution in [-0.4, -0.2) is 42.5 Å². The molecule has 7 nitrogen and oxygen atoms in total. The van der Waals surface area contributed by atoms with Gasteiger partial charge in [0.05, 0.1) is 18.9 Å². The van der Waals surface area contributed by atoms with Crippen molar-refractivity contribution in [2.24, 2.45) is 0 Å². The number of hydrogen-bond donors (Lipinski definition) is 4. The Kier molecular flexibility index (Phi) is 5.10. The standard InChI is InChI=1S/C3H9O7PS/c4-3(1-10-12(8)9)2-11(5,6)7/h3-4H,1-2H2,(H,8,9)(H2,5,6,7). The van der Waals surface area contributed by atoms with E-state index in [1.54, 1.807) is 0 Å². The molecule has 9 heteroatoms. The Balaban J connectivity index is 3.67. The number of aliphatic hydroxyl groups is 1. The predicted octanol–water partition coefficient (Wildman–Crippen LogP) is -1.32. The molecule has 0 heterocycles. The quantitative estimate of drug-likeness (QED) is 0.334. The summed E-state index contributed by atoms with van der Waals surface area (Å²) in [7, 11) is -4.29. The van der Waals surface area contributed by atoms with Crippen LogP contribution in [0.1, 0.15) is 0 Å². The molecular formula is C3H9O7PS. The van der Waals surface area contributed by atoms with Gasteiger partial charge in [-0.25, -0.2) is 0 Å². The predicted molar refractivity (Wildman–Crippen MR) is 39.6 cm³/mol. The van der Waals surface area contributed by atoms with Crippen molar-refractivity contribution < 1.29 is 32.4 Å². The lowest BCUT2D eigenvalue weighted by Gasteiger charge is -2.09. The molecule has 0 aliphatic rings. The summed E-state index contributed by atoms with van der Waals surface area (Å²) in [6.45, 7) is -0.589. The molecule has 0 bridgehead atoms. The van der Waals surface area contributed by atoms with Gasteiger partial charge in [0.2, 0.25) is 0 Å². The molecule has 0 amide bonds. The molecule has 0 aliphatic heterocycles. The van der Waals surface area contributed by atoms with Crippen molar-refractivity contribution in [2.45, 2.75) is 6.10 Å². The lowest BCUT2D eigenvalue weighted by atomic mass is 10.4. The first kappa shape index (κ1) is 12.2. The molecule has 0 radical (unpaired) electrons. The monoisotopic (exact) mass is 220 g/mol. The molecule has 0 aliphatic carbocycles. The van der Waals surface area contributed by atoms with Crippen LogP contribution in [0.25, 0.3) is 0 Å². The van der Waals surface area contributed by atoms with Crippen LogP contribution in [0.3, 0.4) is 0 Å². The van der Waals surface area contributed by atoms with Crippen molar-refractivity contribution >= 4 is 19.0 Å². The molecule has 12 heavy (non-hydrogen) atoms. The van der Waals surface area contributed by atoms with Gasteiger partial charge in [-0.05, 0) is 0 Å². The zero-order chi connectivity index (χ0) is 9.78. The molecule has 0 fully saturated rings. The van der Waals surface area contributed by atoms with E-state index in [1.165, 1.54) is 0 Å². The fourth-order valence-electron chi connectivity index (χ4n) is 0.464. The summed E-state index contributed by atoms with van der Waals surface area (Å²) in [6.07, 6.45) is -2.23. The van der Waals surface area contributed by atoms with Gasteiger partial charge in [-0.2, -0.15) is 4.21 Å². The van der Waals surface area contributed by atoms with Crippen LogP contribution in [0, 0.1) is 0 Å². The third-order valence-electron chi connectivity index (χ3n) is 0.810. The molecule has 0 saturated heterocycles. The Morgan fingerprint density at radius 3 is 2.33 bits per heavy atom. The molecule has 2 unspecified atom stereocenters. The van der Waals surface area contributed by atoms with Crippen LogP contribution in [0.5, 0.6) is 0 Å². The maximum atomic E-state index is 10.2. The smallest absolute Gasteiger partial charge is 0.328 e. The minimum atomic E-state index is -4.29. The highest BCUT2D eigenvalue weighted by Gasteiger charge is 2.20. The van der Waals surface area contributed by atoms with Gasteiger partial charge in [0, 0.05) is 0 Å². The summed E-state index contributed by atoms with van der Waals surface area (Å²) in [4.78, 5) is 16.6. The second-order valence-electron chi connectivity index (χ2n) is 2.00. The zero-order valence-corrected chi connectivity index (χ0v) is 7.57. The number of hydrogen-bond acceptors (Lipinski definition) is 4. The summed E-state index contributed by atoms with van der Waals surface area (Å²) in [5.74, 6) is 0. The molecule has 0 rings (SSSR count). The van der Waals surface area contributed by atoms with Gasteiger partial charge >= 0.3 is 19.0 Å². The largest absolute Gasteiger partial charge is 0.390 e. The van der Waals surface area contributed by atoms with Gasteiger partial charge in [0.15, 0.2) is 0 Å². The van der Waals surface area contributed by atoms with Gasteiger partial charge < -0.3 is 14.9 Å². The first-order chi connectivity index (χ1) is 5.31. The minimum absolute atomic E-state index is 0.589. The van der Waals surface area contributed by atoms with E-state index in [2.05, 4.69) is 4.18 Å². The van der Waals surface area contributed by atoms with E-state index in [1.807, 2.05) is 0 Å². The highest BCUT2D eigenvalue weighted by atomic mass is 32.2. The summed E-state index contributed by atoms with van der Waals surface area (Å²) in [6, 6.07) is 0. The van der Waals surface area contributed by atoms with Crippen LogP contribution in [0.2, 0.25) is 0 Å². The van der Waals surface area contributed by atoms with Gasteiger partial charge in [-0.15, -0.1) is 0 Å². The number of rotatable bonds is 5. The first-order valence-corrected chi connectivity index (χ1v) is 5.61. The maximum Gasteiger partial charge on any atom is 0.328 e. The molecule has 0 aromatic heterocycles. The molecule has 4 N–H and O–H groups in total. The van der Waals surface area contributed by atoms with Crippen molar-refractivity contribution in [2.75, 3.05) is 12.8 Å². The summed E-state index contributed by atoms with van der Waals surface area (Å²) in [5.41, 5.74) is 0. The van der Waals surface area contributed by atoms with E-state index in [4.69, 9.17) is 19.4 Å². The van der Waals surface area contributed by atoms with Gasteiger partial charge in [0.25, 0.3) is 0 Å². The van der Waals surface area contributed by atoms with Crippen molar-refractivity contribution in [1.82, 2.24) is 0 Å². The third-order valence-corrected chi connectivity index (χ3v) is 2.04. The molecule has 0 aromatic carbocycles. The van der Waals surface area contributed by atoms with Gasteiger partial charge in [0.1, 0.15) is 0 Å². The van der Waals surface area contributed by atoms with Crippen molar-refractivity contribution in [3.05, 3.63) is 0 Å². The third kappa shape index (κ3) is 8.28. The van der Waals surface area contributed by atoms with E-state index < -0.39 is 37.8 Å². The summed E-state index contributed by atoms with van der Waals surface area (Å²) >= 11 is -2.53. The molecule has 74 valence electrons. The fraction of sp³-hybridized carbons (Fsp3) is 1.00. The van der Waals surface area contributed by atoms with Crippen molar-refractivity contribution in [3.63, 3.8) is 0 Å². The van der Waals surface area contributed by atoms with E-state index >= 15 is 0 Å². The Morgan fingerprint density at radius 1 is 1.50 bits per heavy atom. The average Bonchev–Trinajstić information content (AvgIpc) is 1.79. The minimum Gasteiger partial charge on any atom is -0.390 e. The van der Waals surface area contributed by atoms with Crippen LogP contribution < -0.4 is 0 Å². The first-order valence-electron chi connectivity index (χ1n) is 2.78. The topological polar surface area (TPSA) is 124 Å². The maximum absolute atomic E-state index is 10.2. The van der Waals surface area contributed by atoms with Gasteiger partial charge in [-0.1, -0.05) is 0 Å². The van der Waals surface area contributed by atoms with E-state index in [9.17, 15) is 8.77 Å². The molecule has 0 aromatic rings. The number of aliphatic hydroxyl groups excluding tert-OH is 1. The molecule has 0 saturated carbocycles. The second kappa shape index (κ2) is 5.03. The highest BCUT2D eigenvalue weighted by Crippen LogP contribution is 2.34. The van der Waals surface area contributed by atoms with Crippen LogP contribution >= 0.6 is 7.60 Å². The summed E-state index contributed by atoms with van der Waals surface area (Å²) < 4.78 is 32.1. The Bertz CT molecular complexity index is 199. The van der Waals surface area contributed by atoms with Crippen molar-refractivity contribution in [3.8, 4) is 0 Å². The van der Waals surface area contributed by atoms with Crippen LogP contribution in [0.15, 0.2) is 0 Å². The van der Waals surface area contributed by atoms with Crippen LogP contribution in [-0.2, 0) is 20.1 Å². The lowest BCUT2D eigenvalue weighted by molar-refractivity contribution is 0.122. The average molecular weight is 220 g/mol. The highest BCUT2D eigenvalue weighted by molar-refractivity contribution is 7.74. The SMILES string of the molecule is O=S(O)OCC(O)CP(=O)(O)O. The van der Waals surface area contributed by atoms with Gasteiger partial charge in [-0.3, -0.25) is 13.3 Å². The Morgan fingerprint density at radius 2 is 2.00 bits per heavy atom. The Labute approximate surface area is 71.0 Å². The Hall–Kier alpha value is 0.180. The zero-order valence-electron chi connectivity index (χ0n) is 5.86. The van der Waals surface area contributed by atoms with Crippen LogP contribution in [0.4, 0.5) is 0 Å². The lowest BCUT2D eigenvalue weighted by Crippen LogP contribution is -2.20. The van der Waals surface area contributed by atoms with Crippen molar-refractivity contribution in [1.29, 1.82) is 0 Å². The molecule has 2 atom stereocenters. The van der Waals surface area contributed by atoms with E-state index in [0.29, 0.717) is 0 Å². The van der Waals surface area contributed by atoms with E-state index in [0.717, 1.165) is 0 Å². The molecule has 0 spiro atoms. The normalized spacial score (nSPS) is 17.3. The fourth-order valence-corrected chi connectivity index (χ4v) is 1.39.